The summed E-state index contributed by atoms with van der Waals surface area (Å²) in [6, 6.07) is 0. The molecule has 14 heavy (non-hydrogen) atoms. The molecule has 0 spiro atoms. The molecule has 1 aliphatic heterocycles. The van der Waals surface area contributed by atoms with Gasteiger partial charge in [-0.3, -0.25) is 4.79 Å². The van der Waals surface area contributed by atoms with Crippen molar-refractivity contribution in [1.29, 1.82) is 0 Å². The van der Waals surface area contributed by atoms with Gasteiger partial charge in [-0.25, -0.2) is 0 Å². The van der Waals surface area contributed by atoms with E-state index in [1.807, 2.05) is 0 Å². The molecule has 0 bridgehead atoms. The van der Waals surface area contributed by atoms with Crippen LogP contribution in [0.4, 0.5) is 0 Å². The third-order valence-electron chi connectivity index (χ3n) is 3.62. The number of aliphatic hydroxyl groups excluding tert-OH is 1. The van der Waals surface area contributed by atoms with Crippen molar-refractivity contribution in [2.45, 2.75) is 45.1 Å². The van der Waals surface area contributed by atoms with Crippen LogP contribution in [0.2, 0.25) is 0 Å². The van der Waals surface area contributed by atoms with Gasteiger partial charge < -0.3 is 10.0 Å². The Balaban J connectivity index is 1.95. The smallest absolute Gasteiger partial charge is 0.228 e. The third kappa shape index (κ3) is 1.65. The molecule has 80 valence electrons. The number of nitrogens with zero attached hydrogens (tertiary/aromatic N) is 1. The second-order valence-corrected chi connectivity index (χ2v) is 4.99. The molecule has 0 radical (unpaired) electrons. The lowest BCUT2D eigenvalue weighted by Gasteiger charge is -2.43. The van der Waals surface area contributed by atoms with E-state index in [1.54, 1.807) is 4.90 Å². The van der Waals surface area contributed by atoms with Crippen LogP contribution in [-0.2, 0) is 4.79 Å². The topological polar surface area (TPSA) is 40.5 Å². The highest BCUT2D eigenvalue weighted by Gasteiger charge is 2.41. The largest absolute Gasteiger partial charge is 0.389 e. The minimum absolute atomic E-state index is 0.127. The molecule has 1 amide bonds. The van der Waals surface area contributed by atoms with E-state index in [0.717, 1.165) is 12.8 Å². The van der Waals surface area contributed by atoms with E-state index in [4.69, 9.17) is 5.11 Å². The van der Waals surface area contributed by atoms with Gasteiger partial charge in [0.2, 0.25) is 5.91 Å². The van der Waals surface area contributed by atoms with Crippen molar-refractivity contribution in [3.05, 3.63) is 0 Å². The van der Waals surface area contributed by atoms with Crippen molar-refractivity contribution in [2.75, 3.05) is 13.1 Å². The van der Waals surface area contributed by atoms with Gasteiger partial charge in [0.05, 0.1) is 6.10 Å². The molecular formula is C11H19NO2. The summed E-state index contributed by atoms with van der Waals surface area (Å²) in [6.07, 6.45) is 5.41. The molecule has 0 unspecified atom stereocenters. The first-order chi connectivity index (χ1) is 6.62. The van der Waals surface area contributed by atoms with Crippen LogP contribution in [0.25, 0.3) is 0 Å². The zero-order valence-corrected chi connectivity index (χ0v) is 8.83. The van der Waals surface area contributed by atoms with E-state index in [-0.39, 0.29) is 17.4 Å². The number of amides is 1. The first-order valence-electron chi connectivity index (χ1n) is 5.59. The minimum atomic E-state index is -0.272. The van der Waals surface area contributed by atoms with Crippen LogP contribution in [0.3, 0.4) is 0 Å². The highest BCUT2D eigenvalue weighted by atomic mass is 16.3. The Morgan fingerprint density at radius 1 is 1.29 bits per heavy atom. The quantitative estimate of drug-likeness (QED) is 0.685. The van der Waals surface area contributed by atoms with E-state index in [9.17, 15) is 4.79 Å². The molecule has 1 aliphatic carbocycles. The molecule has 2 rings (SSSR count). The first-order valence-corrected chi connectivity index (χ1v) is 5.59. The van der Waals surface area contributed by atoms with E-state index in [1.165, 1.54) is 19.3 Å². The Morgan fingerprint density at radius 3 is 2.36 bits per heavy atom. The molecular weight excluding hydrogens is 178 g/mol. The fraction of sp³-hybridized carbons (Fsp3) is 0.909. The molecule has 1 saturated heterocycles. The van der Waals surface area contributed by atoms with Crippen LogP contribution in [0.5, 0.6) is 0 Å². The van der Waals surface area contributed by atoms with Gasteiger partial charge in [-0.05, 0) is 12.8 Å². The molecule has 0 aromatic carbocycles. The normalized spacial score (nSPS) is 27.1. The van der Waals surface area contributed by atoms with Crippen LogP contribution in [0.1, 0.15) is 39.0 Å². The molecule has 1 N–H and O–H groups in total. The summed E-state index contributed by atoms with van der Waals surface area (Å²) >= 11 is 0. The summed E-state index contributed by atoms with van der Waals surface area (Å²) in [5.41, 5.74) is -0.127. The molecule has 2 aliphatic rings. The Labute approximate surface area is 85.1 Å². The maximum Gasteiger partial charge on any atom is 0.228 e. The van der Waals surface area contributed by atoms with Crippen LogP contribution < -0.4 is 0 Å². The second kappa shape index (κ2) is 3.54. The SMILES string of the molecule is CC1(C(=O)N2CC(O)C2)CCCCC1. The van der Waals surface area contributed by atoms with Gasteiger partial charge >= 0.3 is 0 Å². The highest BCUT2D eigenvalue weighted by Crippen LogP contribution is 2.38. The van der Waals surface area contributed by atoms with Crippen LogP contribution in [0.15, 0.2) is 0 Å². The van der Waals surface area contributed by atoms with Crippen molar-refractivity contribution in [2.24, 2.45) is 5.41 Å². The zero-order chi connectivity index (χ0) is 10.2. The molecule has 0 aromatic rings. The highest BCUT2D eigenvalue weighted by molar-refractivity contribution is 5.83. The maximum absolute atomic E-state index is 12.1. The number of carbonyl (C=O) groups is 1. The van der Waals surface area contributed by atoms with E-state index >= 15 is 0 Å². The van der Waals surface area contributed by atoms with E-state index < -0.39 is 0 Å². The fourth-order valence-corrected chi connectivity index (χ4v) is 2.55. The lowest BCUT2D eigenvalue weighted by molar-refractivity contribution is -0.153. The van der Waals surface area contributed by atoms with Crippen molar-refractivity contribution >= 4 is 5.91 Å². The molecule has 1 saturated carbocycles. The van der Waals surface area contributed by atoms with Crippen LogP contribution in [-0.4, -0.2) is 35.1 Å². The molecule has 2 fully saturated rings. The lowest BCUT2D eigenvalue weighted by Crippen LogP contribution is -2.57. The fourth-order valence-electron chi connectivity index (χ4n) is 2.55. The van der Waals surface area contributed by atoms with Crippen LogP contribution in [0, 0.1) is 5.41 Å². The molecule has 3 nitrogen and oxygen atoms in total. The Hall–Kier alpha value is -0.570. The monoisotopic (exact) mass is 197 g/mol. The van der Waals surface area contributed by atoms with Crippen molar-refractivity contribution in [3.63, 3.8) is 0 Å². The number of aliphatic hydroxyl groups is 1. The number of hydrogen-bond acceptors (Lipinski definition) is 2. The molecule has 1 heterocycles. The van der Waals surface area contributed by atoms with Gasteiger partial charge in [0, 0.05) is 18.5 Å². The Morgan fingerprint density at radius 2 is 1.86 bits per heavy atom. The van der Waals surface area contributed by atoms with Crippen LogP contribution >= 0.6 is 0 Å². The van der Waals surface area contributed by atoms with E-state index in [0.29, 0.717) is 13.1 Å². The van der Waals surface area contributed by atoms with Crippen molar-refractivity contribution in [1.82, 2.24) is 4.90 Å². The van der Waals surface area contributed by atoms with Gasteiger partial charge in [0.15, 0.2) is 0 Å². The van der Waals surface area contributed by atoms with Crippen molar-refractivity contribution < 1.29 is 9.90 Å². The zero-order valence-electron chi connectivity index (χ0n) is 8.83. The summed E-state index contributed by atoms with van der Waals surface area (Å²) in [6.45, 7) is 3.18. The Bertz CT molecular complexity index is 227. The predicted octanol–water partition coefficient (Wildman–Crippen LogP) is 1.16. The number of likely N-dealkylation sites (tertiary alicyclic amines) is 1. The first kappa shape index (κ1) is 9.97. The summed E-state index contributed by atoms with van der Waals surface area (Å²) in [5, 5.41) is 9.16. The summed E-state index contributed by atoms with van der Waals surface area (Å²) in [4.78, 5) is 13.9. The number of rotatable bonds is 1. The standard InChI is InChI=1S/C11H19NO2/c1-11(5-3-2-4-6-11)10(14)12-7-9(13)8-12/h9,13H,2-8H2,1H3. The van der Waals surface area contributed by atoms with E-state index in [2.05, 4.69) is 6.92 Å². The summed E-state index contributed by atoms with van der Waals surface area (Å²) in [7, 11) is 0. The average molecular weight is 197 g/mol. The van der Waals surface area contributed by atoms with Gasteiger partial charge in [-0.2, -0.15) is 0 Å². The molecule has 3 heteroatoms. The number of hydrogen-bond donors (Lipinski definition) is 1. The Kier molecular flexibility index (Phi) is 2.52. The summed E-state index contributed by atoms with van der Waals surface area (Å²) in [5.74, 6) is 0.266. The molecule has 0 atom stereocenters. The number of carbonyl (C=O) groups excluding carboxylic acids is 1. The van der Waals surface area contributed by atoms with Gasteiger partial charge in [0.25, 0.3) is 0 Å². The van der Waals surface area contributed by atoms with Gasteiger partial charge in [-0.1, -0.05) is 26.2 Å². The average Bonchev–Trinajstić information content (AvgIpc) is 2.13. The second-order valence-electron chi connectivity index (χ2n) is 4.99. The van der Waals surface area contributed by atoms with Gasteiger partial charge in [0.1, 0.15) is 0 Å². The third-order valence-corrected chi connectivity index (χ3v) is 3.62. The maximum atomic E-state index is 12.1. The minimum Gasteiger partial charge on any atom is -0.389 e. The molecule has 0 aromatic heterocycles. The van der Waals surface area contributed by atoms with Gasteiger partial charge in [-0.15, -0.1) is 0 Å². The predicted molar refractivity (Wildman–Crippen MR) is 53.8 cm³/mol. The number of β-amino-alcohol motifs (C(OH)–C–C–N with tert-alkyl or cyclic N) is 1. The van der Waals surface area contributed by atoms with Crippen molar-refractivity contribution in [3.8, 4) is 0 Å². The summed E-state index contributed by atoms with van der Waals surface area (Å²) < 4.78 is 0. The lowest BCUT2D eigenvalue weighted by atomic mass is 9.74.